The van der Waals surface area contributed by atoms with E-state index in [4.69, 9.17) is 10.5 Å². The summed E-state index contributed by atoms with van der Waals surface area (Å²) < 4.78 is 5.31. The van der Waals surface area contributed by atoms with Crippen LogP contribution in [0, 0.1) is 5.92 Å². The van der Waals surface area contributed by atoms with Gasteiger partial charge < -0.3 is 10.5 Å². The lowest BCUT2D eigenvalue weighted by molar-refractivity contribution is 0.0492. The summed E-state index contributed by atoms with van der Waals surface area (Å²) >= 11 is 0. The molecule has 0 aliphatic carbocycles. The molecule has 14 heavy (non-hydrogen) atoms. The van der Waals surface area contributed by atoms with E-state index < -0.39 is 0 Å². The molecule has 3 heteroatoms. The molecule has 1 saturated heterocycles. The molecule has 2 heterocycles. The fourth-order valence-electron chi connectivity index (χ4n) is 1.88. The average molecular weight is 192 g/mol. The summed E-state index contributed by atoms with van der Waals surface area (Å²) in [5.41, 5.74) is 7.25. The van der Waals surface area contributed by atoms with Crippen molar-refractivity contribution in [2.24, 2.45) is 11.7 Å². The van der Waals surface area contributed by atoms with Gasteiger partial charge >= 0.3 is 0 Å². The van der Waals surface area contributed by atoms with Gasteiger partial charge in [-0.1, -0.05) is 6.07 Å². The molecule has 1 aliphatic heterocycles. The molecule has 1 fully saturated rings. The molecule has 0 radical (unpaired) electrons. The van der Waals surface area contributed by atoms with Gasteiger partial charge in [0.15, 0.2) is 0 Å². The Morgan fingerprint density at radius 1 is 1.57 bits per heavy atom. The Morgan fingerprint density at radius 3 is 3.21 bits per heavy atom. The number of pyridine rings is 1. The molecule has 2 atom stereocenters. The summed E-state index contributed by atoms with van der Waals surface area (Å²) in [6.07, 6.45) is 5.81. The van der Waals surface area contributed by atoms with Crippen LogP contribution < -0.4 is 5.73 Å². The smallest absolute Gasteiger partial charge is 0.0620 e. The van der Waals surface area contributed by atoms with Crippen LogP contribution in [-0.2, 0) is 11.2 Å². The zero-order chi connectivity index (χ0) is 9.80. The highest BCUT2D eigenvalue weighted by Crippen LogP contribution is 2.18. The predicted octanol–water partition coefficient (Wildman–Crippen LogP) is 0.988. The van der Waals surface area contributed by atoms with Crippen LogP contribution in [0.4, 0.5) is 0 Å². The fourth-order valence-corrected chi connectivity index (χ4v) is 1.88. The molecule has 1 aliphatic rings. The van der Waals surface area contributed by atoms with Crippen molar-refractivity contribution in [3.8, 4) is 0 Å². The molecule has 1 aromatic heterocycles. The molecule has 76 valence electrons. The molecule has 2 N–H and O–H groups in total. The van der Waals surface area contributed by atoms with Gasteiger partial charge in [-0.15, -0.1) is 0 Å². The summed E-state index contributed by atoms with van der Waals surface area (Å²) in [4.78, 5) is 4.10. The highest BCUT2D eigenvalue weighted by Gasteiger charge is 2.22. The van der Waals surface area contributed by atoms with Gasteiger partial charge in [-0.05, 0) is 30.4 Å². The summed E-state index contributed by atoms with van der Waals surface area (Å²) in [5.74, 6) is 0.549. The van der Waals surface area contributed by atoms with Crippen LogP contribution in [-0.4, -0.2) is 24.2 Å². The van der Waals surface area contributed by atoms with Crippen LogP contribution in [0.1, 0.15) is 12.0 Å². The predicted molar refractivity (Wildman–Crippen MR) is 54.8 cm³/mol. The number of nitrogens with zero attached hydrogens (tertiary/aromatic N) is 1. The van der Waals surface area contributed by atoms with Crippen molar-refractivity contribution in [3.05, 3.63) is 30.1 Å². The van der Waals surface area contributed by atoms with Gasteiger partial charge in [0.1, 0.15) is 0 Å². The number of ether oxygens (including phenoxy) is 1. The second-order valence-electron chi connectivity index (χ2n) is 3.85. The number of aromatic nitrogens is 1. The Hall–Kier alpha value is -0.930. The van der Waals surface area contributed by atoms with Crippen molar-refractivity contribution < 1.29 is 4.74 Å². The molecule has 0 aromatic carbocycles. The summed E-state index contributed by atoms with van der Waals surface area (Å²) in [6.45, 7) is 1.55. The van der Waals surface area contributed by atoms with E-state index in [1.165, 1.54) is 5.56 Å². The highest BCUT2D eigenvalue weighted by atomic mass is 16.5. The summed E-state index contributed by atoms with van der Waals surface area (Å²) in [7, 11) is 0. The first-order chi connectivity index (χ1) is 6.86. The number of hydrogen-bond donors (Lipinski definition) is 1. The van der Waals surface area contributed by atoms with Crippen LogP contribution >= 0.6 is 0 Å². The minimum absolute atomic E-state index is 0.184. The van der Waals surface area contributed by atoms with E-state index in [1.54, 1.807) is 6.20 Å². The number of nitrogens with two attached hydrogens (primary N) is 1. The molecule has 2 unspecified atom stereocenters. The van der Waals surface area contributed by atoms with Crippen LogP contribution in [0.3, 0.4) is 0 Å². The van der Waals surface area contributed by atoms with E-state index in [0.717, 1.165) is 19.4 Å². The third kappa shape index (κ3) is 2.30. The second-order valence-corrected chi connectivity index (χ2v) is 3.85. The van der Waals surface area contributed by atoms with Crippen molar-refractivity contribution in [1.82, 2.24) is 4.98 Å². The zero-order valence-electron chi connectivity index (χ0n) is 8.23. The monoisotopic (exact) mass is 192 g/mol. The maximum atomic E-state index is 5.98. The van der Waals surface area contributed by atoms with Gasteiger partial charge in [0, 0.05) is 25.0 Å². The van der Waals surface area contributed by atoms with E-state index >= 15 is 0 Å². The maximum Gasteiger partial charge on any atom is 0.0620 e. The normalized spacial score (nSPS) is 27.5. The van der Waals surface area contributed by atoms with Crippen molar-refractivity contribution in [1.29, 1.82) is 0 Å². The van der Waals surface area contributed by atoms with Crippen LogP contribution in [0.2, 0.25) is 0 Å². The molecule has 0 bridgehead atoms. The van der Waals surface area contributed by atoms with Crippen LogP contribution in [0.5, 0.6) is 0 Å². The minimum Gasteiger partial charge on any atom is -0.380 e. The van der Waals surface area contributed by atoms with E-state index in [0.29, 0.717) is 12.5 Å². The average Bonchev–Trinajstić information content (AvgIpc) is 2.23. The van der Waals surface area contributed by atoms with E-state index in [9.17, 15) is 0 Å². The Labute approximate surface area is 84.3 Å². The maximum absolute atomic E-state index is 5.98. The lowest BCUT2D eigenvalue weighted by Crippen LogP contribution is -2.40. The number of rotatable bonds is 2. The molecule has 0 saturated carbocycles. The fraction of sp³-hybridized carbons (Fsp3) is 0.545. The molecular formula is C11H16N2O. The zero-order valence-corrected chi connectivity index (χ0v) is 8.23. The van der Waals surface area contributed by atoms with Gasteiger partial charge in [-0.3, -0.25) is 4.98 Å². The minimum atomic E-state index is 0.184. The van der Waals surface area contributed by atoms with E-state index in [2.05, 4.69) is 11.1 Å². The quantitative estimate of drug-likeness (QED) is 0.760. The Bertz CT molecular complexity index is 276. The van der Waals surface area contributed by atoms with Crippen molar-refractivity contribution in [3.63, 3.8) is 0 Å². The van der Waals surface area contributed by atoms with Gasteiger partial charge in [0.05, 0.1) is 6.61 Å². The summed E-state index contributed by atoms with van der Waals surface area (Å²) in [6, 6.07) is 4.26. The Morgan fingerprint density at radius 2 is 2.50 bits per heavy atom. The molecule has 0 amide bonds. The Kier molecular flexibility index (Phi) is 3.11. The summed E-state index contributed by atoms with van der Waals surface area (Å²) in [5, 5.41) is 0. The van der Waals surface area contributed by atoms with E-state index in [-0.39, 0.29) is 6.04 Å². The van der Waals surface area contributed by atoms with Gasteiger partial charge in [-0.2, -0.15) is 0 Å². The van der Waals surface area contributed by atoms with Gasteiger partial charge in [0.2, 0.25) is 0 Å². The molecule has 2 rings (SSSR count). The van der Waals surface area contributed by atoms with Crippen LogP contribution in [0.25, 0.3) is 0 Å². The standard InChI is InChI=1S/C11H16N2O/c12-11-8-14-5-3-10(11)6-9-2-1-4-13-7-9/h1-2,4,7,10-11H,3,5-6,8,12H2. The SMILES string of the molecule is NC1COCCC1Cc1cccnc1. The lowest BCUT2D eigenvalue weighted by atomic mass is 9.89. The largest absolute Gasteiger partial charge is 0.380 e. The molecule has 0 spiro atoms. The topological polar surface area (TPSA) is 48.1 Å². The van der Waals surface area contributed by atoms with Gasteiger partial charge in [0.25, 0.3) is 0 Å². The molecule has 3 nitrogen and oxygen atoms in total. The second kappa shape index (κ2) is 4.53. The van der Waals surface area contributed by atoms with Gasteiger partial charge in [-0.25, -0.2) is 0 Å². The third-order valence-electron chi connectivity index (χ3n) is 2.77. The highest BCUT2D eigenvalue weighted by molar-refractivity contribution is 5.10. The van der Waals surface area contributed by atoms with Crippen LogP contribution in [0.15, 0.2) is 24.5 Å². The number of hydrogen-bond acceptors (Lipinski definition) is 3. The lowest BCUT2D eigenvalue weighted by Gasteiger charge is -2.28. The first-order valence-electron chi connectivity index (χ1n) is 5.08. The molecule has 1 aromatic rings. The molecular weight excluding hydrogens is 176 g/mol. The van der Waals surface area contributed by atoms with Crippen molar-refractivity contribution >= 4 is 0 Å². The Balaban J connectivity index is 1.96. The third-order valence-corrected chi connectivity index (χ3v) is 2.77. The van der Waals surface area contributed by atoms with E-state index in [1.807, 2.05) is 12.3 Å². The first kappa shape index (κ1) is 9.62. The van der Waals surface area contributed by atoms with Crippen molar-refractivity contribution in [2.75, 3.05) is 13.2 Å². The van der Waals surface area contributed by atoms with Crippen molar-refractivity contribution in [2.45, 2.75) is 18.9 Å². The first-order valence-corrected chi connectivity index (χ1v) is 5.08.